The van der Waals surface area contributed by atoms with Crippen molar-refractivity contribution >= 4 is 0 Å². The van der Waals surface area contributed by atoms with Crippen molar-refractivity contribution in [3.8, 4) is 0 Å². The second-order valence-electron chi connectivity index (χ2n) is 7.57. The molecule has 2 aliphatic rings. The van der Waals surface area contributed by atoms with Crippen LogP contribution in [0.15, 0.2) is 0 Å². The number of hydrogen-bond acceptors (Lipinski definition) is 2. The molecule has 1 heterocycles. The largest absolute Gasteiger partial charge is 0.314 e. The summed E-state index contributed by atoms with van der Waals surface area (Å²) in [5.41, 5.74) is 0. The van der Waals surface area contributed by atoms with Crippen molar-refractivity contribution < 1.29 is 0 Å². The van der Waals surface area contributed by atoms with Crippen LogP contribution in [0.1, 0.15) is 66.7 Å². The third kappa shape index (κ3) is 3.57. The Kier molecular flexibility index (Phi) is 5.92. The molecule has 6 atom stereocenters. The smallest absolute Gasteiger partial charge is 0.0112 e. The first-order valence-electron chi connectivity index (χ1n) is 9.05. The van der Waals surface area contributed by atoms with Gasteiger partial charge in [-0.2, -0.15) is 0 Å². The van der Waals surface area contributed by atoms with E-state index >= 15 is 0 Å². The molecule has 2 heteroatoms. The molecule has 0 spiro atoms. The number of likely N-dealkylation sites (tertiary alicyclic amines) is 1. The summed E-state index contributed by atoms with van der Waals surface area (Å²) in [5, 5.41) is 3.79. The molecule has 2 rings (SSSR count). The quantitative estimate of drug-likeness (QED) is 0.821. The van der Waals surface area contributed by atoms with Crippen molar-refractivity contribution in [1.29, 1.82) is 0 Å². The minimum absolute atomic E-state index is 0.740. The maximum absolute atomic E-state index is 3.79. The monoisotopic (exact) mass is 280 g/mol. The second-order valence-corrected chi connectivity index (χ2v) is 7.57. The Bertz CT molecular complexity index is 291. The Labute approximate surface area is 126 Å². The molecular weight excluding hydrogens is 244 g/mol. The summed E-state index contributed by atoms with van der Waals surface area (Å²) in [6.07, 6.45) is 6.95. The number of nitrogens with one attached hydrogen (secondary N) is 1. The van der Waals surface area contributed by atoms with E-state index in [0.29, 0.717) is 0 Å². The molecular formula is C18H36N2. The first-order chi connectivity index (χ1) is 9.56. The van der Waals surface area contributed by atoms with Gasteiger partial charge in [-0.25, -0.2) is 0 Å². The first kappa shape index (κ1) is 16.3. The van der Waals surface area contributed by atoms with Gasteiger partial charge >= 0.3 is 0 Å². The van der Waals surface area contributed by atoms with Crippen molar-refractivity contribution in [2.24, 2.45) is 17.8 Å². The normalized spacial score (nSPS) is 43.0. The van der Waals surface area contributed by atoms with Gasteiger partial charge in [0.15, 0.2) is 0 Å². The number of hydrogen-bond donors (Lipinski definition) is 1. The van der Waals surface area contributed by atoms with E-state index in [1.165, 1.54) is 38.6 Å². The summed E-state index contributed by atoms with van der Waals surface area (Å²) in [7, 11) is 0. The SMILES string of the molecule is CCNC1CC(C)CC(C)C1CN1C(C)CCC1CC. The third-order valence-electron chi connectivity index (χ3n) is 5.99. The van der Waals surface area contributed by atoms with E-state index in [0.717, 1.165) is 42.4 Å². The highest BCUT2D eigenvalue weighted by Gasteiger charge is 2.38. The molecule has 20 heavy (non-hydrogen) atoms. The van der Waals surface area contributed by atoms with E-state index < -0.39 is 0 Å². The molecule has 118 valence electrons. The van der Waals surface area contributed by atoms with Crippen LogP contribution in [0, 0.1) is 17.8 Å². The maximum atomic E-state index is 3.79. The van der Waals surface area contributed by atoms with Crippen LogP contribution in [0.4, 0.5) is 0 Å². The van der Waals surface area contributed by atoms with Crippen molar-refractivity contribution in [2.75, 3.05) is 13.1 Å². The second kappa shape index (κ2) is 7.26. The number of nitrogens with zero attached hydrogens (tertiary/aromatic N) is 1. The van der Waals surface area contributed by atoms with Gasteiger partial charge in [0, 0.05) is 24.7 Å². The van der Waals surface area contributed by atoms with E-state index in [1.54, 1.807) is 0 Å². The standard InChI is InChI=1S/C18H36N2/c1-6-16-9-8-15(5)20(16)12-17-14(4)10-13(3)11-18(17)19-7-2/h13-19H,6-12H2,1-5H3. The van der Waals surface area contributed by atoms with Crippen LogP contribution in [0.5, 0.6) is 0 Å². The number of rotatable bonds is 5. The predicted molar refractivity (Wildman–Crippen MR) is 88.0 cm³/mol. The van der Waals surface area contributed by atoms with Crippen LogP contribution >= 0.6 is 0 Å². The van der Waals surface area contributed by atoms with E-state index in [4.69, 9.17) is 0 Å². The molecule has 1 saturated carbocycles. The fourth-order valence-electron chi connectivity index (χ4n) is 4.85. The Hall–Kier alpha value is -0.0800. The fourth-order valence-corrected chi connectivity index (χ4v) is 4.85. The zero-order valence-corrected chi connectivity index (χ0v) is 14.4. The van der Waals surface area contributed by atoms with Crippen molar-refractivity contribution in [1.82, 2.24) is 10.2 Å². The first-order valence-corrected chi connectivity index (χ1v) is 9.05. The van der Waals surface area contributed by atoms with Gasteiger partial charge in [-0.1, -0.05) is 27.7 Å². The van der Waals surface area contributed by atoms with Crippen molar-refractivity contribution in [3.05, 3.63) is 0 Å². The molecule has 1 N–H and O–H groups in total. The molecule has 0 aromatic rings. The van der Waals surface area contributed by atoms with Crippen LogP contribution in [-0.4, -0.2) is 36.1 Å². The average molecular weight is 280 g/mol. The van der Waals surface area contributed by atoms with Gasteiger partial charge in [-0.15, -0.1) is 0 Å². The molecule has 6 unspecified atom stereocenters. The topological polar surface area (TPSA) is 15.3 Å². The summed E-state index contributed by atoms with van der Waals surface area (Å²) in [5.74, 6) is 2.61. The van der Waals surface area contributed by atoms with Crippen LogP contribution in [0.25, 0.3) is 0 Å². The van der Waals surface area contributed by atoms with Gasteiger partial charge in [-0.05, 0) is 63.3 Å². The van der Waals surface area contributed by atoms with Gasteiger partial charge in [0.2, 0.25) is 0 Å². The highest BCUT2D eigenvalue weighted by Crippen LogP contribution is 2.37. The summed E-state index contributed by atoms with van der Waals surface area (Å²) in [6.45, 7) is 14.4. The molecule has 0 aromatic heterocycles. The zero-order valence-electron chi connectivity index (χ0n) is 14.4. The molecule has 1 aliphatic heterocycles. The highest BCUT2D eigenvalue weighted by molar-refractivity contribution is 4.93. The Balaban J connectivity index is 2.03. The fraction of sp³-hybridized carbons (Fsp3) is 1.00. The van der Waals surface area contributed by atoms with Gasteiger partial charge in [0.1, 0.15) is 0 Å². The lowest BCUT2D eigenvalue weighted by molar-refractivity contribution is 0.0796. The van der Waals surface area contributed by atoms with E-state index in [9.17, 15) is 0 Å². The lowest BCUT2D eigenvalue weighted by Crippen LogP contribution is -2.50. The molecule has 0 bridgehead atoms. The van der Waals surface area contributed by atoms with Gasteiger partial charge in [-0.3, -0.25) is 4.90 Å². The average Bonchev–Trinajstić information content (AvgIpc) is 2.74. The summed E-state index contributed by atoms with van der Waals surface area (Å²) in [6, 6.07) is 2.39. The maximum Gasteiger partial charge on any atom is 0.0112 e. The van der Waals surface area contributed by atoms with E-state index in [1.807, 2.05) is 0 Å². The molecule has 2 nitrogen and oxygen atoms in total. The Morgan fingerprint density at radius 1 is 1.05 bits per heavy atom. The minimum Gasteiger partial charge on any atom is -0.314 e. The predicted octanol–water partition coefficient (Wildman–Crippen LogP) is 3.91. The highest BCUT2D eigenvalue weighted by atomic mass is 15.2. The van der Waals surface area contributed by atoms with Gasteiger partial charge in [0.05, 0.1) is 0 Å². The van der Waals surface area contributed by atoms with E-state index in [-0.39, 0.29) is 0 Å². The van der Waals surface area contributed by atoms with Crippen LogP contribution < -0.4 is 5.32 Å². The zero-order chi connectivity index (χ0) is 14.7. The lowest BCUT2D eigenvalue weighted by atomic mass is 9.72. The summed E-state index contributed by atoms with van der Waals surface area (Å²) >= 11 is 0. The van der Waals surface area contributed by atoms with Crippen molar-refractivity contribution in [3.63, 3.8) is 0 Å². The lowest BCUT2D eigenvalue weighted by Gasteiger charge is -2.43. The molecule has 0 amide bonds. The van der Waals surface area contributed by atoms with Crippen molar-refractivity contribution in [2.45, 2.75) is 84.8 Å². The minimum atomic E-state index is 0.740. The van der Waals surface area contributed by atoms with E-state index in [2.05, 4.69) is 44.8 Å². The molecule has 0 radical (unpaired) electrons. The Morgan fingerprint density at radius 3 is 2.45 bits per heavy atom. The summed E-state index contributed by atoms with van der Waals surface area (Å²) < 4.78 is 0. The third-order valence-corrected chi connectivity index (χ3v) is 5.99. The Morgan fingerprint density at radius 2 is 1.80 bits per heavy atom. The molecule has 0 aromatic carbocycles. The molecule has 1 saturated heterocycles. The van der Waals surface area contributed by atoms with Gasteiger partial charge in [0.25, 0.3) is 0 Å². The van der Waals surface area contributed by atoms with Crippen LogP contribution in [0.3, 0.4) is 0 Å². The van der Waals surface area contributed by atoms with Gasteiger partial charge < -0.3 is 5.32 Å². The van der Waals surface area contributed by atoms with Crippen LogP contribution in [-0.2, 0) is 0 Å². The molecule has 2 fully saturated rings. The van der Waals surface area contributed by atoms with Crippen LogP contribution in [0.2, 0.25) is 0 Å². The molecule has 1 aliphatic carbocycles. The summed E-state index contributed by atoms with van der Waals surface area (Å²) in [4.78, 5) is 2.83.